The molecule has 1 aromatic rings. The van der Waals surface area contributed by atoms with Crippen LogP contribution in [-0.4, -0.2) is 178 Å². The third-order valence-corrected chi connectivity index (χ3v) is 14.0. The fourth-order valence-corrected chi connectivity index (χ4v) is 9.67. The minimum atomic E-state index is -4.67. The van der Waals surface area contributed by atoms with E-state index in [4.69, 9.17) is 0 Å². The highest BCUT2D eigenvalue weighted by atomic mass is 19.4. The highest BCUT2D eigenvalue weighted by Crippen LogP contribution is 2.30. The van der Waals surface area contributed by atoms with E-state index in [1.165, 1.54) is 42.0 Å². The number of carbonyl (C=O) groups excluding carboxylic acids is 9. The van der Waals surface area contributed by atoms with E-state index in [1.54, 1.807) is 32.6 Å². The van der Waals surface area contributed by atoms with Gasteiger partial charge < -0.3 is 50.9 Å². The van der Waals surface area contributed by atoms with Gasteiger partial charge in [0.25, 0.3) is 0 Å². The fraction of sp³-hybridized carbons (Fsp3) is 0.722. The first-order valence-corrected chi connectivity index (χ1v) is 26.7. The normalized spacial score (nSPS) is 25.9. The second-order valence-corrected chi connectivity index (χ2v) is 22.5. The first kappa shape index (κ1) is 64.5. The minimum Gasteiger partial charge on any atom is -0.391 e. The average molecular weight is 1080 g/mol. The summed E-state index contributed by atoms with van der Waals surface area (Å²) in [6.45, 7) is 17.8. The van der Waals surface area contributed by atoms with Crippen molar-refractivity contribution in [3.05, 3.63) is 35.4 Å². The maximum Gasteiger partial charge on any atom is 0.416 e. The van der Waals surface area contributed by atoms with Gasteiger partial charge in [-0.15, -0.1) is 0 Å². The van der Waals surface area contributed by atoms with E-state index in [0.29, 0.717) is 25.9 Å². The lowest BCUT2D eigenvalue weighted by Gasteiger charge is -2.39. The Kier molecular flexibility index (Phi) is 24.2. The predicted molar refractivity (Wildman–Crippen MR) is 279 cm³/mol. The number of hydrogen-bond donors (Lipinski definition) is 5. The summed E-state index contributed by atoms with van der Waals surface area (Å²) in [5.41, 5.74) is -0.748. The van der Waals surface area contributed by atoms with Crippen LogP contribution in [0.5, 0.6) is 0 Å². The number of piperidine rings is 1. The largest absolute Gasteiger partial charge is 0.416 e. The summed E-state index contributed by atoms with van der Waals surface area (Å²) in [5, 5.41) is 21.9. The van der Waals surface area contributed by atoms with Crippen LogP contribution in [0, 0.1) is 23.7 Å². The molecule has 19 nitrogen and oxygen atoms in total. The number of amides is 9. The molecule has 0 radical (unpaired) electrons. The molecule has 428 valence electrons. The number of aliphatic hydroxyl groups is 1. The molecule has 2 aliphatic rings. The van der Waals surface area contributed by atoms with Crippen LogP contribution >= 0.6 is 0 Å². The molecule has 9 atom stereocenters. The quantitative estimate of drug-likeness (QED) is 0.204. The van der Waals surface area contributed by atoms with Crippen molar-refractivity contribution in [2.75, 3.05) is 41.3 Å². The molecule has 1 unspecified atom stereocenters. The molecule has 3 rings (SSSR count). The predicted octanol–water partition coefficient (Wildman–Crippen LogP) is 3.50. The summed E-state index contributed by atoms with van der Waals surface area (Å²) in [6.07, 6.45) is -4.77. The first-order chi connectivity index (χ1) is 35.3. The summed E-state index contributed by atoms with van der Waals surface area (Å²) in [5.74, 6) is -7.85. The van der Waals surface area contributed by atoms with Gasteiger partial charge in [-0.25, -0.2) is 0 Å². The zero-order valence-corrected chi connectivity index (χ0v) is 47.1. The number of likely N-dealkylation sites (tertiary alicyclic amines) is 1. The summed E-state index contributed by atoms with van der Waals surface area (Å²) in [6, 6.07) is -7.15. The Morgan fingerprint density at radius 1 is 0.579 bits per heavy atom. The lowest BCUT2D eigenvalue weighted by atomic mass is 9.97. The number of halogens is 3. The molecule has 0 saturated carbocycles. The topological polar surface area (TPSA) is 238 Å². The lowest BCUT2D eigenvalue weighted by molar-refractivity contribution is -0.154. The van der Waals surface area contributed by atoms with Gasteiger partial charge in [-0.3, -0.25) is 43.2 Å². The van der Waals surface area contributed by atoms with Gasteiger partial charge >= 0.3 is 6.18 Å². The van der Waals surface area contributed by atoms with Gasteiger partial charge in [0.2, 0.25) is 53.2 Å². The Morgan fingerprint density at radius 3 is 1.53 bits per heavy atom. The fourth-order valence-electron chi connectivity index (χ4n) is 9.67. The number of hydrogen-bond acceptors (Lipinski definition) is 10. The van der Waals surface area contributed by atoms with Crippen LogP contribution in [-0.2, 0) is 55.7 Å². The van der Waals surface area contributed by atoms with Crippen molar-refractivity contribution >= 4 is 53.2 Å². The molecule has 22 heteroatoms. The van der Waals surface area contributed by atoms with Crippen molar-refractivity contribution in [2.24, 2.45) is 23.7 Å². The van der Waals surface area contributed by atoms with E-state index in [-0.39, 0.29) is 61.3 Å². The second kappa shape index (κ2) is 28.5. The van der Waals surface area contributed by atoms with Gasteiger partial charge in [0.05, 0.1) is 18.1 Å². The van der Waals surface area contributed by atoms with Gasteiger partial charge in [0, 0.05) is 47.7 Å². The van der Waals surface area contributed by atoms with E-state index in [0.717, 1.165) is 50.3 Å². The molecule has 0 bridgehead atoms. The molecular weight excluding hydrogens is 992 g/mol. The smallest absolute Gasteiger partial charge is 0.391 e. The van der Waals surface area contributed by atoms with Crippen LogP contribution in [0.1, 0.15) is 132 Å². The van der Waals surface area contributed by atoms with Crippen LogP contribution in [0.2, 0.25) is 0 Å². The van der Waals surface area contributed by atoms with Crippen molar-refractivity contribution in [3.63, 3.8) is 0 Å². The molecule has 0 aliphatic carbocycles. The lowest BCUT2D eigenvalue weighted by Crippen LogP contribution is -2.62. The van der Waals surface area contributed by atoms with Gasteiger partial charge in [0.1, 0.15) is 48.3 Å². The van der Waals surface area contributed by atoms with Crippen molar-refractivity contribution in [3.8, 4) is 0 Å². The Morgan fingerprint density at radius 2 is 1.04 bits per heavy atom. The molecular formula is C54H86F3N9O10. The number of rotatable bonds is 12. The van der Waals surface area contributed by atoms with Crippen LogP contribution in [0.15, 0.2) is 24.3 Å². The summed E-state index contributed by atoms with van der Waals surface area (Å²) in [4.78, 5) is 137. The second-order valence-electron chi connectivity index (χ2n) is 22.5. The van der Waals surface area contributed by atoms with Gasteiger partial charge in [0.15, 0.2) is 0 Å². The SMILES string of the molecule is CC(C)CC1NC(=O)[C@H](CC(C)C)N(C)C(=O)[C@@H](C)NC(=O)C[C@@H](C(=O)N2CCCCC2)N(C)C(=O)[C@H](CC(C)C)N(C)C(=O)[C@H]([C@@H](C)O)NC(=O)[C@H](CC(C)C)N(C)C(=O)[C@H](Cc2ccc(C(F)(F)F)cc2)NC1=O. The number of nitrogens with zero attached hydrogens (tertiary/aromatic N) is 5. The highest BCUT2D eigenvalue weighted by molar-refractivity contribution is 5.99. The van der Waals surface area contributed by atoms with Gasteiger partial charge in [-0.2, -0.15) is 13.2 Å². The molecule has 1 aromatic carbocycles. The van der Waals surface area contributed by atoms with Gasteiger partial charge in [-0.1, -0.05) is 67.5 Å². The number of carbonyl (C=O) groups is 9. The summed E-state index contributed by atoms with van der Waals surface area (Å²) >= 11 is 0. The average Bonchev–Trinajstić information content (AvgIpc) is 3.34. The molecule has 0 spiro atoms. The monoisotopic (exact) mass is 1080 g/mol. The maximum atomic E-state index is 14.9. The number of likely N-dealkylation sites (N-methyl/N-ethyl adjacent to an activating group) is 4. The number of nitrogens with one attached hydrogen (secondary N) is 4. The van der Waals surface area contributed by atoms with Gasteiger partial charge in [-0.05, 0) is 100 Å². The summed E-state index contributed by atoms with van der Waals surface area (Å²) < 4.78 is 41.0. The molecule has 5 N–H and O–H groups in total. The highest BCUT2D eigenvalue weighted by Gasteiger charge is 2.43. The van der Waals surface area contributed by atoms with Crippen molar-refractivity contribution < 1.29 is 61.4 Å². The van der Waals surface area contributed by atoms with Crippen LogP contribution < -0.4 is 21.3 Å². The minimum absolute atomic E-state index is 0.0149. The number of aliphatic hydroxyl groups excluding tert-OH is 1. The van der Waals surface area contributed by atoms with E-state index in [9.17, 15) is 61.4 Å². The van der Waals surface area contributed by atoms with Crippen molar-refractivity contribution in [1.29, 1.82) is 0 Å². The Hall–Kier alpha value is -5.80. The van der Waals surface area contributed by atoms with E-state index in [2.05, 4.69) is 21.3 Å². The van der Waals surface area contributed by atoms with Crippen LogP contribution in [0.3, 0.4) is 0 Å². The maximum absolute atomic E-state index is 14.9. The van der Waals surface area contributed by atoms with Crippen molar-refractivity contribution in [2.45, 2.75) is 188 Å². The van der Waals surface area contributed by atoms with E-state index >= 15 is 0 Å². The zero-order chi connectivity index (χ0) is 57.7. The Labute approximate surface area is 447 Å². The molecule has 2 fully saturated rings. The molecule has 9 amide bonds. The third-order valence-electron chi connectivity index (χ3n) is 14.0. The number of benzene rings is 1. The Balaban J connectivity index is 2.32. The van der Waals surface area contributed by atoms with E-state index in [1.807, 2.05) is 27.7 Å². The molecule has 2 aliphatic heterocycles. The van der Waals surface area contributed by atoms with Crippen molar-refractivity contribution in [1.82, 2.24) is 45.8 Å². The molecule has 2 heterocycles. The Bertz CT molecular complexity index is 2180. The van der Waals surface area contributed by atoms with Crippen LogP contribution in [0.4, 0.5) is 13.2 Å². The third kappa shape index (κ3) is 18.2. The summed E-state index contributed by atoms with van der Waals surface area (Å²) in [7, 11) is 5.35. The molecule has 76 heavy (non-hydrogen) atoms. The molecule has 2 saturated heterocycles. The zero-order valence-electron chi connectivity index (χ0n) is 47.1. The standard InChI is InChI=1S/C54H86F3N9O10/c1-30(2)24-38-46(69)60-39(28-36-18-20-37(21-19-36)54(55,56)57)50(73)63(12)41(26-32(5)6)48(71)61-45(35(10)67)53(76)65(14)42(27-33(7)8)51(74)64(13)43(52(75)66-22-16-15-17-23-66)29-44(68)58-34(9)49(72)62(11)40(25-31(3)4)47(70)59-38/h18-21,30-35,38-43,45,67H,15-17,22-29H2,1-14H3,(H,58,68)(H,59,70)(H,60,69)(H,61,71)/t34-,35-,38?,39+,40+,41+,42+,43+,45+/m1/s1. The number of alkyl halides is 3. The first-order valence-electron chi connectivity index (χ1n) is 26.7. The van der Waals surface area contributed by atoms with Crippen LogP contribution in [0.25, 0.3) is 0 Å². The van der Waals surface area contributed by atoms with E-state index < -0.39 is 126 Å². The molecule has 0 aromatic heterocycles.